The summed E-state index contributed by atoms with van der Waals surface area (Å²) in [6.45, 7) is 9.56. The fraction of sp³-hybridized carbons (Fsp3) is 0.370. The number of alkyl carbamates (subject to hydrolysis) is 1. The lowest BCUT2D eigenvalue weighted by atomic mass is 9.97. The Balaban J connectivity index is 0.861. The van der Waals surface area contributed by atoms with E-state index in [9.17, 15) is 19.2 Å². The van der Waals surface area contributed by atoms with Crippen LogP contribution >= 0.6 is 0 Å². The third-order valence-electron chi connectivity index (χ3n) is 10.3. The van der Waals surface area contributed by atoms with Crippen molar-refractivity contribution < 1.29 is 28.5 Å². The molecule has 6 aromatic rings. The number of amides is 2. The summed E-state index contributed by atoms with van der Waals surface area (Å²) in [6, 6.07) is 27.6. The number of piperidine rings is 1. The van der Waals surface area contributed by atoms with Crippen LogP contribution in [-0.4, -0.2) is 101 Å². The molecular formula is C46H53N7O8. The Labute approximate surface area is 353 Å². The first-order valence-electron chi connectivity index (χ1n) is 20.6. The summed E-state index contributed by atoms with van der Waals surface area (Å²) in [7, 11) is 0. The van der Waals surface area contributed by atoms with Gasteiger partial charge in [0.1, 0.15) is 12.2 Å². The fourth-order valence-corrected chi connectivity index (χ4v) is 7.43. The second kappa shape index (κ2) is 20.0. The Morgan fingerprint density at radius 1 is 0.836 bits per heavy atom. The number of nitrogens with zero attached hydrogens (tertiary/aromatic N) is 3. The van der Waals surface area contributed by atoms with Gasteiger partial charge in [0, 0.05) is 55.2 Å². The maximum atomic E-state index is 13.2. The normalized spacial score (nSPS) is 13.8. The minimum absolute atomic E-state index is 0.0103. The van der Waals surface area contributed by atoms with Gasteiger partial charge in [-0.3, -0.25) is 19.1 Å². The predicted molar refractivity (Wildman–Crippen MR) is 235 cm³/mol. The number of carbonyl (C=O) groups excluding carboxylic acids is 2. The highest BCUT2D eigenvalue weighted by atomic mass is 16.6. The Morgan fingerprint density at radius 2 is 1.56 bits per heavy atom. The van der Waals surface area contributed by atoms with Gasteiger partial charge >= 0.3 is 11.8 Å². The van der Waals surface area contributed by atoms with E-state index in [1.54, 1.807) is 33.0 Å². The number of ether oxygens (including phenoxy) is 4. The first-order valence-corrected chi connectivity index (χ1v) is 20.6. The molecule has 15 nitrogen and oxygen atoms in total. The third kappa shape index (κ3) is 11.6. The number of nitrogens with one attached hydrogen (secondary N) is 4. The van der Waals surface area contributed by atoms with Crippen LogP contribution in [0.2, 0.25) is 0 Å². The average Bonchev–Trinajstić information content (AvgIpc) is 3.57. The molecule has 3 aromatic carbocycles. The van der Waals surface area contributed by atoms with Gasteiger partial charge in [-0.2, -0.15) is 0 Å². The molecule has 1 saturated heterocycles. The zero-order chi connectivity index (χ0) is 42.8. The number of hydrogen-bond acceptors (Lipinski definition) is 10. The molecule has 3 aromatic heterocycles. The molecular weight excluding hydrogens is 779 g/mol. The highest BCUT2D eigenvalue weighted by Gasteiger charge is 2.24. The molecule has 0 radical (unpaired) electrons. The number of aromatic nitrogens is 4. The lowest BCUT2D eigenvalue weighted by Gasteiger charge is -2.32. The van der Waals surface area contributed by atoms with Gasteiger partial charge in [-0.05, 0) is 75.1 Å². The molecule has 0 atom stereocenters. The molecule has 15 heteroatoms. The quantitative estimate of drug-likeness (QED) is 0.0768. The summed E-state index contributed by atoms with van der Waals surface area (Å²) in [4.78, 5) is 63.2. The second-order valence-electron chi connectivity index (χ2n) is 16.0. The van der Waals surface area contributed by atoms with E-state index < -0.39 is 11.7 Å². The Bertz CT molecular complexity index is 2540. The summed E-state index contributed by atoms with van der Waals surface area (Å²) in [5, 5.41) is 6.05. The van der Waals surface area contributed by atoms with Gasteiger partial charge < -0.3 is 39.5 Å². The molecule has 0 aliphatic carbocycles. The number of H-pyrrole nitrogens is 2. The van der Waals surface area contributed by atoms with Crippen LogP contribution in [0.4, 0.5) is 10.5 Å². The van der Waals surface area contributed by atoms with Gasteiger partial charge in [-0.25, -0.2) is 14.6 Å². The summed E-state index contributed by atoms with van der Waals surface area (Å²) in [5.41, 5.74) is 6.66. The van der Waals surface area contributed by atoms with Crippen LogP contribution in [0.3, 0.4) is 0 Å². The van der Waals surface area contributed by atoms with Gasteiger partial charge in [0.15, 0.2) is 0 Å². The molecule has 4 N–H and O–H groups in total. The molecule has 2 amide bonds. The summed E-state index contributed by atoms with van der Waals surface area (Å²) in [6.07, 6.45) is 2.74. The molecule has 1 aliphatic heterocycles. The number of imidazole rings is 1. The van der Waals surface area contributed by atoms with E-state index in [2.05, 4.69) is 49.8 Å². The van der Waals surface area contributed by atoms with Crippen molar-refractivity contribution in [3.63, 3.8) is 0 Å². The van der Waals surface area contributed by atoms with E-state index >= 15 is 0 Å². The molecule has 0 spiro atoms. The third-order valence-corrected chi connectivity index (χ3v) is 10.3. The number of hydrogen-bond donors (Lipinski definition) is 4. The monoisotopic (exact) mass is 831 g/mol. The molecule has 1 fully saturated rings. The Kier molecular flexibility index (Phi) is 14.1. The molecule has 61 heavy (non-hydrogen) atoms. The zero-order valence-corrected chi connectivity index (χ0v) is 34.8. The fourth-order valence-electron chi connectivity index (χ4n) is 7.43. The smallest absolute Gasteiger partial charge is 0.407 e. The van der Waals surface area contributed by atoms with Crippen LogP contribution < -0.4 is 21.9 Å². The molecule has 1 aliphatic rings. The number of likely N-dealkylation sites (tertiary alicyclic amines) is 1. The highest BCUT2D eigenvalue weighted by molar-refractivity contribution is 5.94. The van der Waals surface area contributed by atoms with Crippen LogP contribution in [0.15, 0.2) is 101 Å². The Morgan fingerprint density at radius 3 is 2.30 bits per heavy atom. The van der Waals surface area contributed by atoms with Crippen LogP contribution in [0.25, 0.3) is 44.3 Å². The molecule has 7 rings (SSSR count). The zero-order valence-electron chi connectivity index (χ0n) is 34.8. The van der Waals surface area contributed by atoms with E-state index in [4.69, 9.17) is 23.9 Å². The summed E-state index contributed by atoms with van der Waals surface area (Å²) >= 11 is 0. The molecule has 320 valence electrons. The average molecular weight is 832 g/mol. The number of benzene rings is 3. The van der Waals surface area contributed by atoms with Gasteiger partial charge in [0.2, 0.25) is 5.91 Å². The minimum atomic E-state index is -0.551. The maximum Gasteiger partial charge on any atom is 0.407 e. The number of fused-ring (bicyclic) bond motifs is 2. The van der Waals surface area contributed by atoms with Crippen molar-refractivity contribution in [3.8, 4) is 22.4 Å². The maximum absolute atomic E-state index is 13.2. The van der Waals surface area contributed by atoms with E-state index in [-0.39, 0.29) is 36.4 Å². The van der Waals surface area contributed by atoms with Gasteiger partial charge in [0.25, 0.3) is 5.56 Å². The van der Waals surface area contributed by atoms with Crippen LogP contribution in [0, 0.1) is 0 Å². The van der Waals surface area contributed by atoms with Crippen molar-refractivity contribution >= 4 is 39.6 Å². The lowest BCUT2D eigenvalue weighted by molar-refractivity contribution is -0.121. The van der Waals surface area contributed by atoms with Gasteiger partial charge in [0.05, 0.1) is 60.7 Å². The van der Waals surface area contributed by atoms with Gasteiger partial charge in [-0.1, -0.05) is 54.6 Å². The van der Waals surface area contributed by atoms with Crippen molar-refractivity contribution in [2.45, 2.75) is 51.8 Å². The van der Waals surface area contributed by atoms with Crippen LogP contribution in [0.5, 0.6) is 0 Å². The minimum Gasteiger partial charge on any atom is -0.444 e. The van der Waals surface area contributed by atoms with Crippen LogP contribution in [-0.2, 0) is 30.3 Å². The van der Waals surface area contributed by atoms with Crippen molar-refractivity contribution in [1.82, 2.24) is 29.7 Å². The number of rotatable bonds is 17. The molecule has 0 saturated carbocycles. The summed E-state index contributed by atoms with van der Waals surface area (Å²) < 4.78 is 23.4. The van der Waals surface area contributed by atoms with E-state index in [1.807, 2.05) is 59.2 Å². The molecule has 0 bridgehead atoms. The highest BCUT2D eigenvalue weighted by Crippen LogP contribution is 2.33. The first kappa shape index (κ1) is 43.0. The number of carbonyl (C=O) groups is 2. The van der Waals surface area contributed by atoms with E-state index in [1.165, 1.54) is 5.56 Å². The number of anilines is 1. The Hall–Kier alpha value is -6.13. The van der Waals surface area contributed by atoms with Crippen LogP contribution in [0.1, 0.15) is 45.2 Å². The standard InChI is InChI=1S/C46H53N7O8/c1-46(2,3)61-45(57)48-19-22-58-23-24-59-25-26-60-30-41(54)49-34-13-14-39-40(27-34)53(44(56)51-39)35-16-20-52(21-17-35)29-31-9-11-33(12-10-31)42-36(32-7-5-4-6-8-32)28-37-38(50-42)15-18-47-43(37)55/h4-15,18,27-28,35H,16-17,19-26,29-30H2,1-3H3,(H,47,55)(H,48,57)(H,49,54)(H,51,56). The molecule has 4 heterocycles. The predicted octanol–water partition coefficient (Wildman–Crippen LogP) is 6.25. The largest absolute Gasteiger partial charge is 0.444 e. The van der Waals surface area contributed by atoms with Crippen molar-refractivity contribution in [2.24, 2.45) is 0 Å². The van der Waals surface area contributed by atoms with E-state index in [0.29, 0.717) is 55.1 Å². The lowest BCUT2D eigenvalue weighted by Crippen LogP contribution is -2.36. The second-order valence-corrected chi connectivity index (χ2v) is 16.0. The van der Waals surface area contributed by atoms with Crippen molar-refractivity contribution in [1.29, 1.82) is 0 Å². The van der Waals surface area contributed by atoms with E-state index in [0.717, 1.165) is 60.4 Å². The topological polar surface area (TPSA) is 182 Å². The number of aromatic amines is 2. The van der Waals surface area contributed by atoms with Gasteiger partial charge in [-0.15, -0.1) is 0 Å². The first-order chi connectivity index (χ1) is 29.5. The van der Waals surface area contributed by atoms with Crippen molar-refractivity contribution in [3.05, 3.63) is 118 Å². The SMILES string of the molecule is CC(C)(C)OC(=O)NCCOCCOCCOCC(=O)Nc1ccc2[nH]c(=O)n(C3CCN(Cc4ccc(-c5nc6cc[nH]c(=O)c6cc5-c5ccccc5)cc4)CC3)c2c1. The summed E-state index contributed by atoms with van der Waals surface area (Å²) in [5.74, 6) is -0.312. The van der Waals surface area contributed by atoms with Crippen molar-refractivity contribution in [2.75, 3.05) is 64.6 Å². The number of pyridine rings is 2. The molecule has 0 unspecified atom stereocenters.